The van der Waals surface area contributed by atoms with Gasteiger partial charge in [0, 0.05) is 39.8 Å². The van der Waals surface area contributed by atoms with Crippen LogP contribution in [0.5, 0.6) is 0 Å². The van der Waals surface area contributed by atoms with E-state index in [0.717, 1.165) is 44.2 Å². The molecule has 0 spiro atoms. The van der Waals surface area contributed by atoms with E-state index in [1.165, 1.54) is 16.7 Å². The molecular formula is C26H33N3O2. The van der Waals surface area contributed by atoms with E-state index in [1.807, 2.05) is 38.4 Å². The minimum absolute atomic E-state index is 0.0241. The van der Waals surface area contributed by atoms with Crippen molar-refractivity contribution in [3.8, 4) is 11.1 Å². The first kappa shape index (κ1) is 21.6. The van der Waals surface area contributed by atoms with Gasteiger partial charge in [-0.25, -0.2) is 0 Å². The summed E-state index contributed by atoms with van der Waals surface area (Å²) in [4.78, 5) is 30.5. The molecule has 1 fully saturated rings. The van der Waals surface area contributed by atoms with Crippen LogP contribution in [0.2, 0.25) is 0 Å². The van der Waals surface area contributed by atoms with Crippen LogP contribution in [-0.4, -0.2) is 73.3 Å². The third-order valence-corrected chi connectivity index (χ3v) is 6.77. The van der Waals surface area contributed by atoms with Crippen molar-refractivity contribution in [2.75, 3.05) is 34.7 Å². The van der Waals surface area contributed by atoms with Crippen LogP contribution >= 0.6 is 0 Å². The number of benzene rings is 2. The first-order valence-corrected chi connectivity index (χ1v) is 11.3. The summed E-state index contributed by atoms with van der Waals surface area (Å²) in [5, 5.41) is 0. The van der Waals surface area contributed by atoms with Gasteiger partial charge in [0.25, 0.3) is 5.91 Å². The van der Waals surface area contributed by atoms with E-state index in [-0.39, 0.29) is 17.9 Å². The largest absolute Gasteiger partial charge is 0.347 e. The normalized spacial score (nSPS) is 20.9. The number of likely N-dealkylation sites (N-methyl/N-ethyl adjacent to an activating group) is 1. The lowest BCUT2D eigenvalue weighted by molar-refractivity contribution is -0.134. The number of fused-ring (bicyclic) bond motifs is 1. The van der Waals surface area contributed by atoms with Crippen molar-refractivity contribution in [1.82, 2.24) is 14.7 Å². The summed E-state index contributed by atoms with van der Waals surface area (Å²) in [6.07, 6.45) is 5.25. The predicted octanol–water partition coefficient (Wildman–Crippen LogP) is 3.47. The Bertz CT molecular complexity index is 965. The van der Waals surface area contributed by atoms with Gasteiger partial charge in [-0.2, -0.15) is 0 Å². The van der Waals surface area contributed by atoms with E-state index in [1.54, 1.807) is 23.9 Å². The highest BCUT2D eigenvalue weighted by molar-refractivity contribution is 5.94. The van der Waals surface area contributed by atoms with E-state index in [4.69, 9.17) is 0 Å². The second kappa shape index (κ2) is 8.83. The van der Waals surface area contributed by atoms with Crippen LogP contribution in [0, 0.1) is 0 Å². The van der Waals surface area contributed by atoms with Crippen molar-refractivity contribution < 1.29 is 9.59 Å². The van der Waals surface area contributed by atoms with Crippen LogP contribution in [0.25, 0.3) is 11.1 Å². The quantitative estimate of drug-likeness (QED) is 0.762. The average Bonchev–Trinajstić information content (AvgIpc) is 3.27. The van der Waals surface area contributed by atoms with Gasteiger partial charge in [0.1, 0.15) is 0 Å². The highest BCUT2D eigenvalue weighted by atomic mass is 16.2. The van der Waals surface area contributed by atoms with Crippen molar-refractivity contribution in [1.29, 1.82) is 0 Å². The maximum atomic E-state index is 12.6. The highest BCUT2D eigenvalue weighted by Gasteiger charge is 2.37. The molecule has 1 heterocycles. The maximum Gasteiger partial charge on any atom is 0.253 e. The minimum atomic E-state index is 0.0241. The third kappa shape index (κ3) is 4.38. The summed E-state index contributed by atoms with van der Waals surface area (Å²) in [7, 11) is 7.26. The third-order valence-electron chi connectivity index (χ3n) is 6.77. The van der Waals surface area contributed by atoms with Crippen LogP contribution in [0.15, 0.2) is 42.5 Å². The SMILES string of the molecule is CN(C)C(=O)c1ccc(-c2ccc3c(c2)CCC(N2CCCC2C(=O)N(C)C)C3)cc1. The summed E-state index contributed by atoms with van der Waals surface area (Å²) in [6, 6.07) is 15.1. The summed E-state index contributed by atoms with van der Waals surface area (Å²) in [5.74, 6) is 0.269. The molecule has 0 N–H and O–H groups in total. The summed E-state index contributed by atoms with van der Waals surface area (Å²) >= 11 is 0. The van der Waals surface area contributed by atoms with Crippen LogP contribution in [0.1, 0.15) is 40.7 Å². The molecule has 164 valence electrons. The van der Waals surface area contributed by atoms with Crippen LogP contribution < -0.4 is 0 Å². The number of carbonyl (C=O) groups excluding carboxylic acids is 2. The van der Waals surface area contributed by atoms with E-state index in [0.29, 0.717) is 11.6 Å². The fourth-order valence-corrected chi connectivity index (χ4v) is 5.05. The molecule has 5 nitrogen and oxygen atoms in total. The maximum absolute atomic E-state index is 12.6. The zero-order valence-corrected chi connectivity index (χ0v) is 19.1. The Kier molecular flexibility index (Phi) is 6.15. The molecule has 2 aromatic rings. The van der Waals surface area contributed by atoms with Crippen LogP contribution in [0.4, 0.5) is 0 Å². The number of aryl methyl sites for hydroxylation is 1. The standard InChI is InChI=1S/C26H33N3O2/c1-27(2)25(30)19-9-7-18(8-10-19)20-11-12-22-17-23(14-13-21(22)16-20)29-15-5-6-24(29)26(31)28(3)4/h7-12,16,23-24H,5-6,13-15,17H2,1-4H3. The molecule has 1 aliphatic carbocycles. The monoisotopic (exact) mass is 419 g/mol. The minimum Gasteiger partial charge on any atom is -0.347 e. The van der Waals surface area contributed by atoms with E-state index >= 15 is 0 Å². The lowest BCUT2D eigenvalue weighted by Gasteiger charge is -2.36. The van der Waals surface area contributed by atoms with Crippen molar-refractivity contribution >= 4 is 11.8 Å². The summed E-state index contributed by atoms with van der Waals surface area (Å²) in [6.45, 7) is 1.03. The first-order chi connectivity index (χ1) is 14.8. The fourth-order valence-electron chi connectivity index (χ4n) is 5.05. The number of hydrogen-bond acceptors (Lipinski definition) is 3. The van der Waals surface area contributed by atoms with Crippen molar-refractivity contribution in [2.45, 2.75) is 44.2 Å². The van der Waals surface area contributed by atoms with Gasteiger partial charge in [-0.1, -0.05) is 30.3 Å². The van der Waals surface area contributed by atoms with Crippen molar-refractivity contribution in [3.05, 3.63) is 59.2 Å². The Hall–Kier alpha value is -2.66. The Labute approximate surface area is 185 Å². The van der Waals surface area contributed by atoms with Crippen LogP contribution in [-0.2, 0) is 17.6 Å². The fraction of sp³-hybridized carbons (Fsp3) is 0.462. The zero-order chi connectivity index (χ0) is 22.1. The van der Waals surface area contributed by atoms with Gasteiger partial charge in [0.05, 0.1) is 6.04 Å². The molecule has 0 radical (unpaired) electrons. The van der Waals surface area contributed by atoms with E-state index in [9.17, 15) is 9.59 Å². The van der Waals surface area contributed by atoms with Crippen LogP contribution in [0.3, 0.4) is 0 Å². The summed E-state index contributed by atoms with van der Waals surface area (Å²) < 4.78 is 0. The van der Waals surface area contributed by atoms with E-state index < -0.39 is 0 Å². The molecule has 4 rings (SSSR count). The molecule has 1 aliphatic heterocycles. The number of rotatable bonds is 4. The molecule has 0 aromatic heterocycles. The van der Waals surface area contributed by atoms with Gasteiger partial charge in [-0.3, -0.25) is 14.5 Å². The molecule has 31 heavy (non-hydrogen) atoms. The van der Waals surface area contributed by atoms with Gasteiger partial charge in [0.15, 0.2) is 0 Å². The topological polar surface area (TPSA) is 43.9 Å². The molecular weight excluding hydrogens is 386 g/mol. The Balaban J connectivity index is 1.49. The smallest absolute Gasteiger partial charge is 0.253 e. The second-order valence-electron chi connectivity index (χ2n) is 9.29. The number of amides is 2. The molecule has 0 saturated carbocycles. The van der Waals surface area contributed by atoms with Crippen molar-refractivity contribution in [2.24, 2.45) is 0 Å². The Morgan fingerprint density at radius 3 is 2.26 bits per heavy atom. The second-order valence-corrected chi connectivity index (χ2v) is 9.29. The molecule has 1 saturated heterocycles. The Morgan fingerprint density at radius 2 is 1.58 bits per heavy atom. The molecule has 2 amide bonds. The number of nitrogens with zero attached hydrogens (tertiary/aromatic N) is 3. The molecule has 0 bridgehead atoms. The molecule has 2 atom stereocenters. The number of carbonyl (C=O) groups is 2. The summed E-state index contributed by atoms with van der Waals surface area (Å²) in [5.41, 5.74) is 5.86. The number of hydrogen-bond donors (Lipinski definition) is 0. The van der Waals surface area contributed by atoms with Gasteiger partial charge in [0.2, 0.25) is 5.91 Å². The molecule has 5 heteroatoms. The van der Waals surface area contributed by atoms with Gasteiger partial charge >= 0.3 is 0 Å². The highest BCUT2D eigenvalue weighted by Crippen LogP contribution is 2.32. The van der Waals surface area contributed by atoms with Gasteiger partial charge in [-0.15, -0.1) is 0 Å². The Morgan fingerprint density at radius 1 is 0.871 bits per heavy atom. The average molecular weight is 420 g/mol. The van der Waals surface area contributed by atoms with E-state index in [2.05, 4.69) is 23.1 Å². The van der Waals surface area contributed by atoms with Crippen molar-refractivity contribution in [3.63, 3.8) is 0 Å². The molecule has 2 aromatic carbocycles. The lowest BCUT2D eigenvalue weighted by Crippen LogP contribution is -2.49. The number of likely N-dealkylation sites (tertiary alicyclic amines) is 1. The zero-order valence-electron chi connectivity index (χ0n) is 19.1. The molecule has 2 unspecified atom stereocenters. The van der Waals surface area contributed by atoms with Gasteiger partial charge in [-0.05, 0) is 73.0 Å². The first-order valence-electron chi connectivity index (χ1n) is 11.3. The lowest BCUT2D eigenvalue weighted by atomic mass is 9.85. The predicted molar refractivity (Wildman–Crippen MR) is 124 cm³/mol. The molecule has 2 aliphatic rings. The van der Waals surface area contributed by atoms with Gasteiger partial charge < -0.3 is 9.80 Å².